The molecule has 3 N–H and O–H groups in total. The van der Waals surface area contributed by atoms with Crippen molar-refractivity contribution in [2.45, 2.75) is 13.5 Å². The lowest BCUT2D eigenvalue weighted by atomic mass is 9.95. The molecule has 0 aromatic heterocycles. The molecule has 1 aliphatic rings. The van der Waals surface area contributed by atoms with Crippen molar-refractivity contribution >= 4 is 51.6 Å². The number of anilines is 1. The first kappa shape index (κ1) is 19.8. The number of benzene rings is 2. The van der Waals surface area contributed by atoms with Gasteiger partial charge in [-0.1, -0.05) is 12.1 Å². The number of halogens is 1. The summed E-state index contributed by atoms with van der Waals surface area (Å²) in [6.07, 6.45) is 4.71. The molecule has 7 heteroatoms. The third kappa shape index (κ3) is 4.66. The first-order valence-corrected chi connectivity index (χ1v) is 9.59. The fourth-order valence-corrected chi connectivity index (χ4v) is 3.17. The Bertz CT molecular complexity index is 994. The number of carbonyl (C=O) groups is 3. The van der Waals surface area contributed by atoms with Gasteiger partial charge in [0, 0.05) is 39.2 Å². The van der Waals surface area contributed by atoms with Gasteiger partial charge in [-0.3, -0.25) is 19.7 Å². The van der Waals surface area contributed by atoms with Crippen LogP contribution in [0, 0.1) is 9.64 Å². The van der Waals surface area contributed by atoms with Crippen LogP contribution in [0.4, 0.5) is 5.69 Å². The largest absolute Gasteiger partial charge is 0.386 e. The molecule has 1 aliphatic heterocycles. The van der Waals surface area contributed by atoms with E-state index in [-0.39, 0.29) is 5.91 Å². The predicted octanol–water partition coefficient (Wildman–Crippen LogP) is 3.01. The van der Waals surface area contributed by atoms with E-state index in [2.05, 4.69) is 44.6 Å². The van der Waals surface area contributed by atoms with Crippen LogP contribution in [0.2, 0.25) is 0 Å². The molecule has 0 saturated carbocycles. The lowest BCUT2D eigenvalue weighted by Gasteiger charge is -2.18. The van der Waals surface area contributed by atoms with E-state index in [0.717, 1.165) is 9.13 Å². The second-order valence-corrected chi connectivity index (χ2v) is 7.26. The summed E-state index contributed by atoms with van der Waals surface area (Å²) in [6, 6.07) is 13.7. The van der Waals surface area contributed by atoms with Crippen molar-refractivity contribution in [1.82, 2.24) is 10.6 Å². The number of hydrogen-bond donors (Lipinski definition) is 3. The average Bonchev–Trinajstić information content (AvgIpc) is 2.65. The minimum absolute atomic E-state index is 0.208. The van der Waals surface area contributed by atoms with E-state index in [9.17, 15) is 14.4 Å². The Labute approximate surface area is 176 Å². The Morgan fingerprint density at radius 1 is 1.18 bits per heavy atom. The summed E-state index contributed by atoms with van der Waals surface area (Å²) >= 11 is 2.14. The van der Waals surface area contributed by atoms with Crippen molar-refractivity contribution < 1.29 is 14.4 Å². The Hall–Kier alpha value is -2.94. The van der Waals surface area contributed by atoms with Gasteiger partial charge in [0.1, 0.15) is 0 Å². The topological polar surface area (TPSA) is 87.3 Å². The number of imide groups is 1. The fraction of sp³-hybridized carbons (Fsp3) is 0.0952. The Morgan fingerprint density at radius 3 is 2.71 bits per heavy atom. The summed E-state index contributed by atoms with van der Waals surface area (Å²) in [6.45, 7) is 2.23. The molecule has 0 aliphatic carbocycles. The smallest absolute Gasteiger partial charge is 0.260 e. The minimum Gasteiger partial charge on any atom is -0.386 e. The van der Waals surface area contributed by atoms with Crippen LogP contribution in [-0.2, 0) is 16.1 Å². The second-order valence-electron chi connectivity index (χ2n) is 6.01. The van der Waals surface area contributed by atoms with Crippen molar-refractivity contribution in [2.24, 2.45) is 0 Å². The average molecular weight is 486 g/mol. The molecule has 0 atom stereocenters. The highest BCUT2D eigenvalue weighted by atomic mass is 127. The van der Waals surface area contributed by atoms with Gasteiger partial charge in [-0.2, -0.15) is 0 Å². The van der Waals surface area contributed by atoms with Crippen molar-refractivity contribution in [3.8, 4) is 0 Å². The first-order valence-electron chi connectivity index (χ1n) is 8.51. The normalized spacial score (nSPS) is 14.7. The fourth-order valence-electron chi connectivity index (χ4n) is 2.68. The van der Waals surface area contributed by atoms with Crippen molar-refractivity contribution in [2.75, 3.05) is 5.32 Å². The van der Waals surface area contributed by atoms with E-state index < -0.39 is 11.8 Å². The van der Waals surface area contributed by atoms with Crippen molar-refractivity contribution in [3.63, 3.8) is 0 Å². The van der Waals surface area contributed by atoms with Gasteiger partial charge in [0.15, 0.2) is 0 Å². The molecule has 0 bridgehead atoms. The molecule has 0 saturated heterocycles. The van der Waals surface area contributed by atoms with Crippen molar-refractivity contribution in [1.29, 1.82) is 0 Å². The van der Waals surface area contributed by atoms with Gasteiger partial charge in [0.2, 0.25) is 5.91 Å². The summed E-state index contributed by atoms with van der Waals surface area (Å²) in [5.74, 6) is -1.03. The summed E-state index contributed by atoms with van der Waals surface area (Å²) in [5.41, 5.74) is 3.01. The van der Waals surface area contributed by atoms with E-state index in [1.54, 1.807) is 37.4 Å². The molecule has 1 radical (unpaired) electrons. The number of allylic oxidation sites excluding steroid dienone is 1. The van der Waals surface area contributed by atoms with E-state index >= 15 is 0 Å². The Morgan fingerprint density at radius 2 is 2.00 bits per heavy atom. The van der Waals surface area contributed by atoms with E-state index in [1.807, 2.05) is 18.2 Å². The molecule has 28 heavy (non-hydrogen) atoms. The second kappa shape index (κ2) is 8.83. The molecular formula is C21H17IN3O3. The number of nitrogens with one attached hydrogen (secondary N) is 3. The third-order valence-electron chi connectivity index (χ3n) is 3.99. The lowest BCUT2D eigenvalue weighted by Crippen LogP contribution is -2.37. The summed E-state index contributed by atoms with van der Waals surface area (Å²) < 4.78 is 0.940. The van der Waals surface area contributed by atoms with Crippen LogP contribution >= 0.6 is 22.6 Å². The van der Waals surface area contributed by atoms with Crippen molar-refractivity contribution in [3.05, 3.63) is 81.1 Å². The third-order valence-corrected chi connectivity index (χ3v) is 4.66. The number of carbonyl (C=O) groups excluding carboxylic acids is 3. The zero-order valence-corrected chi connectivity index (χ0v) is 17.2. The number of amides is 3. The standard InChI is InChI=1S/C21H17IN3O3/c1-2-3-19(26)24-15-7-4-13(5-8-15)11-23-12-18-17-10-14(22)6-9-16(17)20(27)25-21(18)28/h2-7,9-10,12,23H,11H2,1H3,(H,24,26)(H,25,27,28)/b3-2+,18-12?. The van der Waals surface area contributed by atoms with E-state index in [1.165, 1.54) is 6.08 Å². The van der Waals surface area contributed by atoms with E-state index in [0.29, 0.717) is 28.9 Å². The molecule has 6 nitrogen and oxygen atoms in total. The summed E-state index contributed by atoms with van der Waals surface area (Å²) in [7, 11) is 0. The molecular weight excluding hydrogens is 469 g/mol. The summed E-state index contributed by atoms with van der Waals surface area (Å²) in [4.78, 5) is 35.7. The highest BCUT2D eigenvalue weighted by Crippen LogP contribution is 2.25. The lowest BCUT2D eigenvalue weighted by molar-refractivity contribution is -0.115. The molecule has 141 valence electrons. The molecule has 1 heterocycles. The minimum atomic E-state index is -0.430. The van der Waals surface area contributed by atoms with Crippen LogP contribution in [0.1, 0.15) is 28.4 Å². The van der Waals surface area contributed by atoms with Gasteiger partial charge in [-0.05, 0) is 71.5 Å². The molecule has 0 fully saturated rings. The van der Waals surface area contributed by atoms with Crippen LogP contribution in [0.3, 0.4) is 0 Å². The SMILES string of the molecule is C/C=C/C(=O)Nc1[c]cc(CNC=C2C(=O)NC(=O)c3ccc(I)cc32)cc1. The predicted molar refractivity (Wildman–Crippen MR) is 115 cm³/mol. The van der Waals surface area contributed by atoms with Crippen LogP contribution in [-0.4, -0.2) is 17.7 Å². The Kier molecular flexibility index (Phi) is 6.25. The van der Waals surface area contributed by atoms with Gasteiger partial charge in [-0.25, -0.2) is 0 Å². The van der Waals surface area contributed by atoms with Gasteiger partial charge in [0.05, 0.1) is 5.57 Å². The Balaban J connectivity index is 1.70. The first-order chi connectivity index (χ1) is 13.5. The number of fused-ring (bicyclic) bond motifs is 1. The van der Waals surface area contributed by atoms with E-state index in [4.69, 9.17) is 0 Å². The molecule has 3 amide bonds. The monoisotopic (exact) mass is 486 g/mol. The quantitative estimate of drug-likeness (QED) is 0.345. The maximum Gasteiger partial charge on any atom is 0.260 e. The highest BCUT2D eigenvalue weighted by molar-refractivity contribution is 14.1. The van der Waals surface area contributed by atoms with Gasteiger partial charge in [-0.15, -0.1) is 0 Å². The van der Waals surface area contributed by atoms with Gasteiger partial charge >= 0.3 is 0 Å². The molecule has 0 unspecified atom stereocenters. The number of rotatable bonds is 5. The molecule has 3 rings (SSSR count). The number of hydrogen-bond acceptors (Lipinski definition) is 4. The summed E-state index contributed by atoms with van der Waals surface area (Å²) in [5, 5.41) is 8.16. The zero-order chi connectivity index (χ0) is 20.1. The molecule has 0 spiro atoms. The maximum absolute atomic E-state index is 12.2. The van der Waals surface area contributed by atoms with Gasteiger partial charge in [0.25, 0.3) is 11.8 Å². The van der Waals surface area contributed by atoms with Gasteiger partial charge < -0.3 is 10.6 Å². The molecule has 2 aromatic carbocycles. The van der Waals surface area contributed by atoms with Crippen LogP contribution in [0.5, 0.6) is 0 Å². The highest BCUT2D eigenvalue weighted by Gasteiger charge is 2.27. The van der Waals surface area contributed by atoms with Crippen LogP contribution < -0.4 is 16.0 Å². The maximum atomic E-state index is 12.2. The zero-order valence-electron chi connectivity index (χ0n) is 15.0. The molecule has 2 aromatic rings. The van der Waals surface area contributed by atoms with Crippen LogP contribution in [0.15, 0.2) is 54.8 Å². The van der Waals surface area contributed by atoms with Crippen LogP contribution in [0.25, 0.3) is 5.57 Å².